The lowest BCUT2D eigenvalue weighted by Gasteiger charge is -2.18. The first kappa shape index (κ1) is 16.5. The summed E-state index contributed by atoms with van der Waals surface area (Å²) in [5.74, 6) is 0.340. The number of allylic oxidation sites excluding steroid dienone is 1. The Morgan fingerprint density at radius 3 is 2.29 bits per heavy atom. The van der Waals surface area contributed by atoms with Gasteiger partial charge in [-0.3, -0.25) is 9.05 Å². The first-order valence-electron chi connectivity index (χ1n) is 5.38. The fourth-order valence-corrected chi connectivity index (χ4v) is 2.54. The van der Waals surface area contributed by atoms with Crippen molar-refractivity contribution in [1.82, 2.24) is 0 Å². The maximum absolute atomic E-state index is 12.1. The molecule has 0 radical (unpaired) electrons. The quantitative estimate of drug-likeness (QED) is 0.360. The van der Waals surface area contributed by atoms with Crippen molar-refractivity contribution in [3.63, 3.8) is 0 Å². The van der Waals surface area contributed by atoms with Crippen molar-refractivity contribution >= 4 is 19.6 Å². The lowest BCUT2D eigenvalue weighted by Crippen LogP contribution is -2.01. The number of rotatable bonds is 9. The zero-order chi connectivity index (χ0) is 13.1. The maximum atomic E-state index is 12.1. The van der Waals surface area contributed by atoms with Crippen LogP contribution in [0.3, 0.4) is 0 Å². The van der Waals surface area contributed by atoms with E-state index >= 15 is 0 Å². The van der Waals surface area contributed by atoms with Crippen LogP contribution in [-0.4, -0.2) is 13.2 Å². The summed E-state index contributed by atoms with van der Waals surface area (Å²) < 4.78 is 27.5. The molecule has 0 aliphatic carbocycles. The normalized spacial score (nSPS) is 12.2. The Hall–Kier alpha value is -0.470. The molecule has 5 nitrogen and oxygen atoms in total. The highest BCUT2D eigenvalue weighted by molar-refractivity contribution is 8.06. The van der Waals surface area contributed by atoms with Gasteiger partial charge in [-0.25, -0.2) is 4.57 Å². The summed E-state index contributed by atoms with van der Waals surface area (Å²) in [6, 6.07) is 0. The Morgan fingerprint density at radius 1 is 1.35 bits per heavy atom. The minimum atomic E-state index is -3.54. The van der Waals surface area contributed by atoms with Gasteiger partial charge in [0.05, 0.1) is 13.2 Å². The molecule has 0 heterocycles. The van der Waals surface area contributed by atoms with Crippen LogP contribution in [0.4, 0.5) is 0 Å². The van der Waals surface area contributed by atoms with Crippen LogP contribution in [0.1, 0.15) is 33.6 Å². The van der Waals surface area contributed by atoms with Crippen molar-refractivity contribution in [2.45, 2.75) is 33.6 Å². The fourth-order valence-electron chi connectivity index (χ4n) is 0.803. The minimum absolute atomic E-state index is 0.305. The molecular weight excluding hydrogens is 261 g/mol. The van der Waals surface area contributed by atoms with E-state index in [1.165, 1.54) is 5.41 Å². The third-order valence-electron chi connectivity index (χ3n) is 1.44. The van der Waals surface area contributed by atoms with E-state index < -0.39 is 7.82 Å². The Morgan fingerprint density at radius 2 is 1.88 bits per heavy atom. The second-order valence-electron chi connectivity index (χ2n) is 3.14. The molecule has 0 aliphatic rings. The van der Waals surface area contributed by atoms with Gasteiger partial charge in [0.1, 0.15) is 11.2 Å². The SMILES string of the molecule is CCCOP(=O)(OCCC)O/C(C)=C\SC#N. The highest BCUT2D eigenvalue weighted by Crippen LogP contribution is 2.51. The van der Waals surface area contributed by atoms with Crippen LogP contribution < -0.4 is 0 Å². The lowest BCUT2D eigenvalue weighted by molar-refractivity contribution is 0.136. The molecule has 0 aromatic heterocycles. The third kappa shape index (κ3) is 8.28. The molecule has 0 unspecified atom stereocenters. The number of hydrogen-bond donors (Lipinski definition) is 0. The van der Waals surface area contributed by atoms with Crippen molar-refractivity contribution in [2.75, 3.05) is 13.2 Å². The molecule has 0 spiro atoms. The van der Waals surface area contributed by atoms with E-state index in [2.05, 4.69) is 0 Å². The van der Waals surface area contributed by atoms with Crippen LogP contribution in [0.2, 0.25) is 0 Å². The summed E-state index contributed by atoms with van der Waals surface area (Å²) in [5.41, 5.74) is 0. The van der Waals surface area contributed by atoms with Crippen molar-refractivity contribution in [2.24, 2.45) is 0 Å². The molecule has 0 rings (SSSR count). The molecule has 0 fully saturated rings. The first-order chi connectivity index (χ1) is 8.08. The highest BCUT2D eigenvalue weighted by Gasteiger charge is 2.27. The van der Waals surface area contributed by atoms with Gasteiger partial charge < -0.3 is 4.52 Å². The molecule has 0 aliphatic heterocycles. The molecule has 0 atom stereocenters. The third-order valence-corrected chi connectivity index (χ3v) is 3.50. The highest BCUT2D eigenvalue weighted by atomic mass is 32.2. The Balaban J connectivity index is 4.46. The van der Waals surface area contributed by atoms with E-state index in [1.54, 1.807) is 6.92 Å². The maximum Gasteiger partial charge on any atom is 0.529 e. The summed E-state index contributed by atoms with van der Waals surface area (Å²) in [7, 11) is -3.54. The zero-order valence-corrected chi connectivity index (χ0v) is 12.1. The topological polar surface area (TPSA) is 68.6 Å². The fraction of sp³-hybridized carbons (Fsp3) is 0.700. The van der Waals surface area contributed by atoms with Gasteiger partial charge in [-0.15, -0.1) is 0 Å². The largest absolute Gasteiger partial charge is 0.529 e. The minimum Gasteiger partial charge on any atom is -0.408 e. The molecule has 17 heavy (non-hydrogen) atoms. The molecule has 0 saturated carbocycles. The number of nitriles is 1. The molecular formula is C10H18NO4PS. The number of phosphoric ester groups is 1. The van der Waals surface area contributed by atoms with Crippen molar-refractivity contribution < 1.29 is 18.1 Å². The summed E-state index contributed by atoms with van der Waals surface area (Å²) in [6.45, 7) is 6.01. The van der Waals surface area contributed by atoms with E-state index in [1.807, 2.05) is 19.2 Å². The van der Waals surface area contributed by atoms with E-state index in [-0.39, 0.29) is 0 Å². The molecule has 0 aromatic rings. The van der Waals surface area contributed by atoms with Crippen molar-refractivity contribution in [3.8, 4) is 5.40 Å². The summed E-state index contributed by atoms with van der Waals surface area (Å²) in [4.78, 5) is 0. The van der Waals surface area contributed by atoms with Crippen molar-refractivity contribution in [3.05, 3.63) is 11.2 Å². The lowest BCUT2D eigenvalue weighted by atomic mass is 10.5. The molecule has 0 aromatic carbocycles. The van der Waals surface area contributed by atoms with E-state index in [0.29, 0.717) is 19.0 Å². The first-order valence-corrected chi connectivity index (χ1v) is 7.72. The van der Waals surface area contributed by atoms with Crippen LogP contribution in [-0.2, 0) is 18.1 Å². The zero-order valence-electron chi connectivity index (χ0n) is 10.3. The van der Waals surface area contributed by atoms with Gasteiger partial charge in [-0.05, 0) is 31.5 Å². The predicted molar refractivity (Wildman–Crippen MR) is 68.1 cm³/mol. The number of thiocyanates is 1. The average Bonchev–Trinajstić information content (AvgIpc) is 2.31. The van der Waals surface area contributed by atoms with E-state index in [9.17, 15) is 4.57 Å². The Kier molecular flexibility index (Phi) is 9.28. The molecule has 0 amide bonds. The molecule has 0 saturated heterocycles. The van der Waals surface area contributed by atoms with E-state index in [4.69, 9.17) is 18.8 Å². The van der Waals surface area contributed by atoms with Gasteiger partial charge >= 0.3 is 7.82 Å². The summed E-state index contributed by atoms with van der Waals surface area (Å²) in [5, 5.41) is 11.7. The van der Waals surface area contributed by atoms with Crippen LogP contribution in [0, 0.1) is 10.7 Å². The molecule has 0 N–H and O–H groups in total. The van der Waals surface area contributed by atoms with Gasteiger partial charge in [0, 0.05) is 5.41 Å². The van der Waals surface area contributed by atoms with Gasteiger partial charge in [-0.2, -0.15) is 5.26 Å². The molecule has 98 valence electrons. The second kappa shape index (κ2) is 9.55. The van der Waals surface area contributed by atoms with Crippen LogP contribution in [0.5, 0.6) is 0 Å². The average molecular weight is 279 g/mol. The summed E-state index contributed by atoms with van der Waals surface area (Å²) in [6.07, 6.45) is 1.44. The van der Waals surface area contributed by atoms with Gasteiger partial charge in [0.15, 0.2) is 0 Å². The predicted octanol–water partition coefficient (Wildman–Crippen LogP) is 4.04. The molecule has 7 heteroatoms. The van der Waals surface area contributed by atoms with Crippen molar-refractivity contribution in [1.29, 1.82) is 5.26 Å². The number of phosphoric acid groups is 1. The monoisotopic (exact) mass is 279 g/mol. The van der Waals surface area contributed by atoms with Crippen LogP contribution in [0.25, 0.3) is 0 Å². The molecule has 0 bridgehead atoms. The smallest absolute Gasteiger partial charge is 0.408 e. The Labute approximate surface area is 107 Å². The number of nitrogens with zero attached hydrogens (tertiary/aromatic N) is 1. The van der Waals surface area contributed by atoms with Gasteiger partial charge in [0.25, 0.3) is 0 Å². The Bertz CT molecular complexity index is 315. The number of hydrogen-bond acceptors (Lipinski definition) is 6. The summed E-state index contributed by atoms with van der Waals surface area (Å²) >= 11 is 0.891. The van der Waals surface area contributed by atoms with Gasteiger partial charge in [-0.1, -0.05) is 13.8 Å². The number of thioether (sulfide) groups is 1. The second-order valence-corrected chi connectivity index (χ2v) is 5.39. The van der Waals surface area contributed by atoms with Crippen LogP contribution in [0.15, 0.2) is 11.2 Å². The van der Waals surface area contributed by atoms with Crippen LogP contribution >= 0.6 is 19.6 Å². The van der Waals surface area contributed by atoms with E-state index in [0.717, 1.165) is 24.6 Å². The van der Waals surface area contributed by atoms with Gasteiger partial charge in [0.2, 0.25) is 0 Å². The standard InChI is InChI=1S/C10H18NO4PS/c1-4-6-13-16(12,14-7-5-2)15-10(3)8-17-9-11/h8H,4-7H2,1-3H3/b10-8-.